The Kier molecular flexibility index (Phi) is 5.78. The number of benzene rings is 2. The van der Waals surface area contributed by atoms with Gasteiger partial charge in [-0.25, -0.2) is 24.0 Å². The van der Waals surface area contributed by atoms with Gasteiger partial charge in [-0.1, -0.05) is 12.1 Å². The lowest BCUT2D eigenvalue weighted by molar-refractivity contribution is -0.123. The molecule has 1 saturated heterocycles. The number of halogens is 1. The van der Waals surface area contributed by atoms with Crippen LogP contribution in [-0.2, 0) is 11.3 Å². The van der Waals surface area contributed by atoms with E-state index < -0.39 is 6.04 Å². The number of aryl methyl sites for hydroxylation is 1. The molecule has 182 valence electrons. The molecule has 1 atom stereocenters. The Morgan fingerprint density at radius 1 is 1.22 bits per heavy atom. The number of anilines is 1. The number of hydrogen-bond donors (Lipinski definition) is 2. The van der Waals surface area contributed by atoms with E-state index in [9.17, 15) is 9.18 Å². The smallest absolute Gasteiger partial charge is 0.239 e. The lowest BCUT2D eigenvalue weighted by Gasteiger charge is -2.33. The van der Waals surface area contributed by atoms with Crippen molar-refractivity contribution in [2.45, 2.75) is 19.5 Å². The summed E-state index contributed by atoms with van der Waals surface area (Å²) in [6.45, 7) is 3.92. The molecule has 0 unspecified atom stereocenters. The van der Waals surface area contributed by atoms with Crippen LogP contribution >= 0.6 is 11.3 Å². The molecule has 2 N–H and O–H groups in total. The molecule has 0 bridgehead atoms. The van der Waals surface area contributed by atoms with Crippen molar-refractivity contribution in [2.75, 3.05) is 24.5 Å². The molecule has 2 aromatic carbocycles. The van der Waals surface area contributed by atoms with E-state index in [0.717, 1.165) is 21.2 Å². The first-order valence-electron chi connectivity index (χ1n) is 11.6. The zero-order valence-electron chi connectivity index (χ0n) is 19.5. The predicted octanol–water partition coefficient (Wildman–Crippen LogP) is 2.97. The number of thiazole rings is 1. The number of aromatic nitrogens is 5. The highest BCUT2D eigenvalue weighted by Gasteiger charge is 2.27. The molecule has 1 amide bonds. The molecule has 36 heavy (non-hydrogen) atoms. The van der Waals surface area contributed by atoms with E-state index >= 15 is 0 Å². The Morgan fingerprint density at radius 3 is 3.03 bits per heavy atom. The van der Waals surface area contributed by atoms with Crippen LogP contribution < -0.4 is 15.5 Å². The molecule has 0 saturated carbocycles. The lowest BCUT2D eigenvalue weighted by atomic mass is 10.1. The van der Waals surface area contributed by atoms with Gasteiger partial charge in [-0.3, -0.25) is 4.79 Å². The van der Waals surface area contributed by atoms with Gasteiger partial charge in [0.15, 0.2) is 5.65 Å². The van der Waals surface area contributed by atoms with Gasteiger partial charge < -0.3 is 15.5 Å². The van der Waals surface area contributed by atoms with Gasteiger partial charge in [0, 0.05) is 32.4 Å². The molecule has 6 rings (SSSR count). The van der Waals surface area contributed by atoms with Crippen molar-refractivity contribution in [1.29, 1.82) is 0 Å². The first kappa shape index (κ1) is 22.5. The summed E-state index contributed by atoms with van der Waals surface area (Å²) in [5.41, 5.74) is 5.46. The van der Waals surface area contributed by atoms with Crippen molar-refractivity contribution in [3.8, 4) is 5.69 Å². The molecular formula is C25H23FN8OS. The van der Waals surface area contributed by atoms with Gasteiger partial charge >= 0.3 is 0 Å². The van der Waals surface area contributed by atoms with E-state index in [4.69, 9.17) is 0 Å². The number of amides is 1. The molecule has 0 spiro atoms. The van der Waals surface area contributed by atoms with Gasteiger partial charge in [-0.05, 0) is 42.3 Å². The Labute approximate surface area is 210 Å². The van der Waals surface area contributed by atoms with Gasteiger partial charge in [-0.15, -0.1) is 16.4 Å². The van der Waals surface area contributed by atoms with Gasteiger partial charge in [0.2, 0.25) is 5.91 Å². The number of rotatable bonds is 5. The molecular weight excluding hydrogens is 479 g/mol. The summed E-state index contributed by atoms with van der Waals surface area (Å²) in [6.07, 6.45) is 3.27. The van der Waals surface area contributed by atoms with Crippen LogP contribution in [0.25, 0.3) is 26.9 Å². The highest BCUT2D eigenvalue weighted by Crippen LogP contribution is 2.25. The van der Waals surface area contributed by atoms with Crippen molar-refractivity contribution in [2.24, 2.45) is 0 Å². The normalized spacial score (nSPS) is 16.1. The summed E-state index contributed by atoms with van der Waals surface area (Å²) in [6, 6.07) is 10.6. The van der Waals surface area contributed by atoms with Crippen LogP contribution in [0.4, 0.5) is 10.2 Å². The van der Waals surface area contributed by atoms with Crippen LogP contribution in [0, 0.1) is 12.7 Å². The van der Waals surface area contributed by atoms with E-state index in [1.54, 1.807) is 35.2 Å². The number of carbonyl (C=O) groups excluding carboxylic acids is 1. The summed E-state index contributed by atoms with van der Waals surface area (Å²) in [7, 11) is 0. The number of hydrogen-bond acceptors (Lipinski definition) is 8. The second kappa shape index (κ2) is 9.25. The molecule has 4 heterocycles. The Hall–Kier alpha value is -3.96. The second-order valence-electron chi connectivity index (χ2n) is 8.77. The number of fused-ring (bicyclic) bond motifs is 2. The largest absolute Gasteiger partial charge is 0.353 e. The second-order valence-corrected chi connectivity index (χ2v) is 9.65. The summed E-state index contributed by atoms with van der Waals surface area (Å²) in [5, 5.41) is 11.6. The van der Waals surface area contributed by atoms with Crippen LogP contribution in [0.3, 0.4) is 0 Å². The Morgan fingerprint density at radius 2 is 2.14 bits per heavy atom. The van der Waals surface area contributed by atoms with Gasteiger partial charge in [0.25, 0.3) is 0 Å². The van der Waals surface area contributed by atoms with Gasteiger partial charge in [0.05, 0.1) is 26.8 Å². The van der Waals surface area contributed by atoms with Gasteiger partial charge in [0.1, 0.15) is 24.0 Å². The average molecular weight is 503 g/mol. The van der Waals surface area contributed by atoms with E-state index in [-0.39, 0.29) is 11.7 Å². The molecule has 0 radical (unpaired) electrons. The minimum absolute atomic E-state index is 0.0748. The maximum absolute atomic E-state index is 14.1. The third kappa shape index (κ3) is 4.27. The third-order valence-electron chi connectivity index (χ3n) is 6.37. The molecule has 0 aliphatic carbocycles. The molecule has 9 nitrogen and oxygen atoms in total. The molecule has 1 aliphatic rings. The molecule has 1 aliphatic heterocycles. The zero-order chi connectivity index (χ0) is 24.6. The molecule has 3 aromatic heterocycles. The standard InChI is InChI=1S/C25H23FN8OS/c1-15-2-4-17(9-19(15)26)34-11-18-23(32-34)29-13-30-24(18)33-7-6-27-21(12-33)25(35)28-10-16-3-5-22-20(8-16)31-14-36-22/h2-5,8-9,11,13-14,21,27H,6-7,10,12H2,1H3,(H,28,35)/t21-/m0/s1. The van der Waals surface area contributed by atoms with Crippen LogP contribution in [0.2, 0.25) is 0 Å². The monoisotopic (exact) mass is 502 g/mol. The predicted molar refractivity (Wildman–Crippen MR) is 137 cm³/mol. The van der Waals surface area contributed by atoms with Crippen molar-refractivity contribution in [3.05, 3.63) is 71.4 Å². The topological polar surface area (TPSA) is 101 Å². The molecule has 1 fully saturated rings. The maximum atomic E-state index is 14.1. The summed E-state index contributed by atoms with van der Waals surface area (Å²) in [4.78, 5) is 28.2. The third-order valence-corrected chi connectivity index (χ3v) is 7.18. The van der Waals surface area contributed by atoms with E-state index in [0.29, 0.717) is 48.9 Å². The van der Waals surface area contributed by atoms with E-state index in [1.165, 1.54) is 12.4 Å². The number of piperazine rings is 1. The van der Waals surface area contributed by atoms with Crippen LogP contribution in [0.1, 0.15) is 11.1 Å². The van der Waals surface area contributed by atoms with Crippen LogP contribution in [0.15, 0.2) is 54.4 Å². The van der Waals surface area contributed by atoms with Gasteiger partial charge in [-0.2, -0.15) is 0 Å². The fraction of sp³-hybridized carbons (Fsp3) is 0.240. The molecule has 5 aromatic rings. The number of nitrogens with one attached hydrogen (secondary N) is 2. The van der Waals surface area contributed by atoms with Crippen molar-refractivity contribution < 1.29 is 9.18 Å². The average Bonchev–Trinajstić information content (AvgIpc) is 3.55. The Balaban J connectivity index is 1.19. The number of nitrogens with zero attached hydrogens (tertiary/aromatic N) is 6. The number of carbonyl (C=O) groups is 1. The highest BCUT2D eigenvalue weighted by molar-refractivity contribution is 7.16. The fourth-order valence-corrected chi connectivity index (χ4v) is 5.04. The summed E-state index contributed by atoms with van der Waals surface area (Å²) in [5.74, 6) is 0.335. The quantitative estimate of drug-likeness (QED) is 0.381. The summed E-state index contributed by atoms with van der Waals surface area (Å²) >= 11 is 1.60. The summed E-state index contributed by atoms with van der Waals surface area (Å²) < 4.78 is 16.8. The van der Waals surface area contributed by atoms with Crippen molar-refractivity contribution >= 4 is 44.3 Å². The van der Waals surface area contributed by atoms with Crippen molar-refractivity contribution in [3.63, 3.8) is 0 Å². The first-order chi connectivity index (χ1) is 17.5. The van der Waals surface area contributed by atoms with E-state index in [1.807, 2.05) is 29.8 Å². The lowest BCUT2D eigenvalue weighted by Crippen LogP contribution is -2.57. The first-order valence-corrected chi connectivity index (χ1v) is 12.5. The maximum Gasteiger partial charge on any atom is 0.239 e. The van der Waals surface area contributed by atoms with Crippen LogP contribution in [0.5, 0.6) is 0 Å². The minimum atomic E-state index is -0.395. The fourth-order valence-electron chi connectivity index (χ4n) is 4.38. The minimum Gasteiger partial charge on any atom is -0.353 e. The molecule has 11 heteroatoms. The SMILES string of the molecule is Cc1ccc(-n2cc3c(N4CCN[C@H](C(=O)NCc5ccc6scnc6c5)C4)ncnc3n2)cc1F. The van der Waals surface area contributed by atoms with E-state index in [2.05, 4.69) is 35.6 Å². The highest BCUT2D eigenvalue weighted by atomic mass is 32.1. The zero-order valence-corrected chi connectivity index (χ0v) is 20.3. The Bertz CT molecular complexity index is 1580. The van der Waals surface area contributed by atoms with Crippen LogP contribution in [-0.4, -0.2) is 56.3 Å². The van der Waals surface area contributed by atoms with Crippen molar-refractivity contribution in [1.82, 2.24) is 35.4 Å².